The van der Waals surface area contributed by atoms with Crippen LogP contribution in [-0.4, -0.2) is 38.2 Å². The zero-order valence-corrected chi connectivity index (χ0v) is 17.5. The van der Waals surface area contributed by atoms with E-state index >= 15 is 0 Å². The molecule has 0 spiro atoms. The van der Waals surface area contributed by atoms with Gasteiger partial charge < -0.3 is 9.47 Å². The van der Waals surface area contributed by atoms with E-state index in [1.165, 1.54) is 0 Å². The van der Waals surface area contributed by atoms with Crippen LogP contribution in [0.1, 0.15) is 47.6 Å². The Labute approximate surface area is 185 Å². The number of nitrogens with zero attached hydrogens (tertiary/aromatic N) is 3. The standard InChI is InChI=1S/C25H22N4O3/c30-22-11-10-21(24(31)27-22)29-13-17-12-16(6-9-19(17)25(29)32)20-14-28(18-7-8-18)23(26-20)15-4-2-1-3-5-15/h1-6,9,12,14,18,21H,7-8,10-11,13H2,(H,27,30,31). The lowest BCUT2D eigenvalue weighted by Gasteiger charge is -2.29. The lowest BCUT2D eigenvalue weighted by atomic mass is 10.0. The molecule has 1 atom stereocenters. The molecule has 1 saturated carbocycles. The van der Waals surface area contributed by atoms with Gasteiger partial charge >= 0.3 is 0 Å². The van der Waals surface area contributed by atoms with Crippen LogP contribution in [0.25, 0.3) is 22.6 Å². The Morgan fingerprint density at radius 2 is 1.75 bits per heavy atom. The summed E-state index contributed by atoms with van der Waals surface area (Å²) in [5.41, 5.74) is 4.43. The Kier molecular flexibility index (Phi) is 4.24. The van der Waals surface area contributed by atoms with Crippen molar-refractivity contribution in [2.24, 2.45) is 0 Å². The third kappa shape index (κ3) is 3.12. The van der Waals surface area contributed by atoms with E-state index < -0.39 is 11.9 Å². The number of imide groups is 1. The Balaban J connectivity index is 1.32. The van der Waals surface area contributed by atoms with Gasteiger partial charge in [-0.3, -0.25) is 19.7 Å². The number of benzene rings is 2. The van der Waals surface area contributed by atoms with Gasteiger partial charge in [-0.25, -0.2) is 4.98 Å². The minimum Gasteiger partial charge on any atom is -0.327 e. The summed E-state index contributed by atoms with van der Waals surface area (Å²) >= 11 is 0. The molecule has 1 aromatic heterocycles. The van der Waals surface area contributed by atoms with Gasteiger partial charge in [0.2, 0.25) is 11.8 Å². The summed E-state index contributed by atoms with van der Waals surface area (Å²) in [6.45, 7) is 0.364. The second kappa shape index (κ2) is 7.15. The quantitative estimate of drug-likeness (QED) is 0.649. The highest BCUT2D eigenvalue weighted by molar-refractivity contribution is 6.05. The lowest BCUT2D eigenvalue weighted by Crippen LogP contribution is -2.52. The number of piperidine rings is 1. The topological polar surface area (TPSA) is 84.3 Å². The molecule has 1 N–H and O–H groups in total. The Hall–Kier alpha value is -3.74. The number of amides is 3. The molecular weight excluding hydrogens is 404 g/mol. The van der Waals surface area contributed by atoms with Gasteiger partial charge in [0.1, 0.15) is 11.9 Å². The summed E-state index contributed by atoms with van der Waals surface area (Å²) in [5.74, 6) is 0.135. The molecule has 2 fully saturated rings. The number of aromatic nitrogens is 2. The van der Waals surface area contributed by atoms with Crippen molar-refractivity contribution in [2.75, 3.05) is 0 Å². The maximum absolute atomic E-state index is 13.0. The van der Waals surface area contributed by atoms with Gasteiger partial charge in [0.15, 0.2) is 0 Å². The van der Waals surface area contributed by atoms with E-state index in [-0.39, 0.29) is 18.2 Å². The summed E-state index contributed by atoms with van der Waals surface area (Å²) in [4.78, 5) is 43.2. The van der Waals surface area contributed by atoms with Gasteiger partial charge in [-0.2, -0.15) is 0 Å². The minimum absolute atomic E-state index is 0.158. The third-order valence-corrected chi connectivity index (χ3v) is 6.52. The molecule has 1 saturated heterocycles. The maximum atomic E-state index is 13.0. The number of hydrogen-bond acceptors (Lipinski definition) is 4. The number of rotatable bonds is 4. The van der Waals surface area contributed by atoms with Gasteiger partial charge in [0.05, 0.1) is 5.69 Å². The molecule has 1 unspecified atom stereocenters. The van der Waals surface area contributed by atoms with Crippen LogP contribution in [0.2, 0.25) is 0 Å². The number of fused-ring (bicyclic) bond motifs is 1. The second-order valence-electron chi connectivity index (χ2n) is 8.73. The molecule has 3 aliphatic rings. The van der Waals surface area contributed by atoms with Crippen molar-refractivity contribution in [1.29, 1.82) is 0 Å². The first-order valence-corrected chi connectivity index (χ1v) is 11.0. The normalized spacial score (nSPS) is 20.4. The van der Waals surface area contributed by atoms with E-state index in [2.05, 4.69) is 28.2 Å². The molecule has 3 aromatic rings. The lowest BCUT2D eigenvalue weighted by molar-refractivity contribution is -0.136. The van der Waals surface area contributed by atoms with Crippen molar-refractivity contribution in [3.8, 4) is 22.6 Å². The fraction of sp³-hybridized carbons (Fsp3) is 0.280. The van der Waals surface area contributed by atoms with E-state index in [0.717, 1.165) is 41.1 Å². The molecule has 7 heteroatoms. The average Bonchev–Trinajstić information content (AvgIpc) is 3.47. The Morgan fingerprint density at radius 1 is 0.938 bits per heavy atom. The minimum atomic E-state index is -0.602. The fourth-order valence-corrected chi connectivity index (χ4v) is 4.70. The van der Waals surface area contributed by atoms with Crippen molar-refractivity contribution < 1.29 is 14.4 Å². The molecule has 3 amide bonds. The molecule has 2 aromatic carbocycles. The highest BCUT2D eigenvalue weighted by Gasteiger charge is 2.39. The average molecular weight is 426 g/mol. The van der Waals surface area contributed by atoms with Crippen molar-refractivity contribution >= 4 is 17.7 Å². The molecule has 0 bridgehead atoms. The van der Waals surface area contributed by atoms with Gasteiger partial charge in [-0.05, 0) is 37.0 Å². The van der Waals surface area contributed by atoms with E-state index in [0.29, 0.717) is 24.6 Å². The van der Waals surface area contributed by atoms with Gasteiger partial charge in [-0.1, -0.05) is 36.4 Å². The largest absolute Gasteiger partial charge is 0.327 e. The smallest absolute Gasteiger partial charge is 0.255 e. The van der Waals surface area contributed by atoms with Crippen LogP contribution in [0, 0.1) is 0 Å². The van der Waals surface area contributed by atoms with Crippen molar-refractivity contribution in [2.45, 2.75) is 44.3 Å². The Bertz CT molecular complexity index is 1260. The molecule has 160 valence electrons. The number of hydrogen-bond donors (Lipinski definition) is 1. The van der Waals surface area contributed by atoms with Crippen LogP contribution < -0.4 is 5.32 Å². The van der Waals surface area contributed by atoms with Gasteiger partial charge in [0.25, 0.3) is 5.91 Å². The maximum Gasteiger partial charge on any atom is 0.255 e. The van der Waals surface area contributed by atoms with E-state index in [9.17, 15) is 14.4 Å². The monoisotopic (exact) mass is 426 g/mol. The molecular formula is C25H22N4O3. The molecule has 7 nitrogen and oxygen atoms in total. The summed E-state index contributed by atoms with van der Waals surface area (Å²) in [5, 5.41) is 2.35. The van der Waals surface area contributed by atoms with Crippen LogP contribution >= 0.6 is 0 Å². The Morgan fingerprint density at radius 3 is 2.50 bits per heavy atom. The molecule has 1 aliphatic carbocycles. The first-order chi connectivity index (χ1) is 15.6. The van der Waals surface area contributed by atoms with Gasteiger partial charge in [-0.15, -0.1) is 0 Å². The summed E-state index contributed by atoms with van der Waals surface area (Å²) in [7, 11) is 0. The van der Waals surface area contributed by atoms with Crippen molar-refractivity contribution in [1.82, 2.24) is 19.8 Å². The highest BCUT2D eigenvalue weighted by atomic mass is 16.2. The van der Waals surface area contributed by atoms with Crippen LogP contribution in [0.15, 0.2) is 54.7 Å². The van der Waals surface area contributed by atoms with Crippen LogP contribution in [0.5, 0.6) is 0 Å². The van der Waals surface area contributed by atoms with E-state index in [1.54, 1.807) is 4.90 Å². The summed E-state index contributed by atoms with van der Waals surface area (Å²) in [6, 6.07) is 15.8. The SMILES string of the molecule is O=C1CCC(N2Cc3cc(-c4cn(C5CC5)c(-c5ccccc5)n4)ccc3C2=O)C(=O)N1. The van der Waals surface area contributed by atoms with Crippen molar-refractivity contribution in [3.05, 3.63) is 65.9 Å². The van der Waals surface area contributed by atoms with Gasteiger partial charge in [0, 0.05) is 41.9 Å². The third-order valence-electron chi connectivity index (χ3n) is 6.52. The van der Waals surface area contributed by atoms with E-state index in [4.69, 9.17) is 4.98 Å². The number of carbonyl (C=O) groups is 3. The van der Waals surface area contributed by atoms with Crippen LogP contribution in [0.4, 0.5) is 0 Å². The van der Waals surface area contributed by atoms with Crippen LogP contribution in [0.3, 0.4) is 0 Å². The molecule has 0 radical (unpaired) electrons. The zero-order chi connectivity index (χ0) is 21.8. The highest BCUT2D eigenvalue weighted by Crippen LogP contribution is 2.40. The number of carbonyl (C=O) groups excluding carboxylic acids is 3. The molecule has 2 aliphatic heterocycles. The molecule has 3 heterocycles. The predicted molar refractivity (Wildman–Crippen MR) is 117 cm³/mol. The van der Waals surface area contributed by atoms with Crippen LogP contribution in [-0.2, 0) is 16.1 Å². The summed E-state index contributed by atoms with van der Waals surface area (Å²) < 4.78 is 2.26. The fourth-order valence-electron chi connectivity index (χ4n) is 4.70. The second-order valence-corrected chi connectivity index (χ2v) is 8.73. The predicted octanol–water partition coefficient (Wildman–Crippen LogP) is 3.31. The molecule has 6 rings (SSSR count). The first kappa shape index (κ1) is 19.0. The van der Waals surface area contributed by atoms with Crippen molar-refractivity contribution in [3.63, 3.8) is 0 Å². The zero-order valence-electron chi connectivity index (χ0n) is 17.5. The number of imidazole rings is 1. The molecule has 32 heavy (non-hydrogen) atoms. The van der Waals surface area contributed by atoms with E-state index in [1.807, 2.05) is 36.4 Å². The first-order valence-electron chi connectivity index (χ1n) is 11.0. The summed E-state index contributed by atoms with van der Waals surface area (Å²) in [6.07, 6.45) is 5.05. The number of nitrogens with one attached hydrogen (secondary N) is 1.